The molecule has 0 bridgehead atoms. The average Bonchev–Trinajstić information content (AvgIpc) is 0.915. The summed E-state index contributed by atoms with van der Waals surface area (Å²) in [4.78, 5) is 73.1. The molecule has 0 aromatic rings. The van der Waals surface area contributed by atoms with Gasteiger partial charge in [-0.15, -0.1) is 0 Å². The van der Waals surface area contributed by atoms with Crippen molar-refractivity contribution in [1.29, 1.82) is 0 Å². The van der Waals surface area contributed by atoms with Gasteiger partial charge in [-0.2, -0.15) is 0 Å². The maximum Gasteiger partial charge on any atom is 0.472 e. The molecule has 102 heavy (non-hydrogen) atoms. The number of carbonyl (C=O) groups excluding carboxylic acids is 4. The van der Waals surface area contributed by atoms with E-state index in [1.165, 1.54) is 283 Å². The van der Waals surface area contributed by atoms with E-state index in [1.807, 2.05) is 0 Å². The Balaban J connectivity index is 5.20. The molecule has 0 amide bonds. The van der Waals surface area contributed by atoms with Crippen LogP contribution in [-0.4, -0.2) is 96.7 Å². The Bertz CT molecular complexity index is 1930. The van der Waals surface area contributed by atoms with Crippen LogP contribution in [0.25, 0.3) is 0 Å². The summed E-state index contributed by atoms with van der Waals surface area (Å²) in [6, 6.07) is 0. The number of hydrogen-bond donors (Lipinski definition) is 3. The molecule has 0 aromatic heterocycles. The third kappa shape index (κ3) is 76.3. The van der Waals surface area contributed by atoms with Crippen molar-refractivity contribution in [1.82, 2.24) is 0 Å². The van der Waals surface area contributed by atoms with Crippen LogP contribution in [0.3, 0.4) is 0 Å². The third-order valence-electron chi connectivity index (χ3n) is 19.6. The van der Waals surface area contributed by atoms with E-state index in [0.717, 1.165) is 89.9 Å². The summed E-state index contributed by atoms with van der Waals surface area (Å²) < 4.78 is 68.8. The fourth-order valence-corrected chi connectivity index (χ4v) is 14.6. The van der Waals surface area contributed by atoms with Gasteiger partial charge in [0.25, 0.3) is 0 Å². The molecule has 0 fully saturated rings. The second kappa shape index (κ2) is 77.2. The normalized spacial score (nSPS) is 13.8. The Morgan fingerprint density at radius 2 is 0.392 bits per heavy atom. The summed E-state index contributed by atoms with van der Waals surface area (Å²) >= 11 is 0. The first-order valence-corrected chi connectivity index (χ1v) is 46.3. The minimum atomic E-state index is -4.96. The Morgan fingerprint density at radius 3 is 0.578 bits per heavy atom. The molecule has 606 valence electrons. The maximum absolute atomic E-state index is 13.1. The van der Waals surface area contributed by atoms with Crippen LogP contribution in [0.5, 0.6) is 0 Å². The molecule has 0 rings (SSSR count). The SMILES string of the molecule is CCCCCCCCCCCCCCCCCCCCCCCCC(=O)O[C@H](COC(=O)CCCCCCCCCCCCCCCCC)COP(=O)(O)OC[C@@H](O)COP(=O)(O)OC[C@@H](COC(=O)CCCCCCCCCCCC)OC(=O)CCCCCCCCCCCCCCCCC. The van der Waals surface area contributed by atoms with E-state index in [4.69, 9.17) is 37.0 Å². The molecule has 5 atom stereocenters. The highest BCUT2D eigenvalue weighted by Gasteiger charge is 2.30. The first-order chi connectivity index (χ1) is 49.7. The monoisotopic (exact) mass is 1490 g/mol. The molecule has 0 aromatic carbocycles. The lowest BCUT2D eigenvalue weighted by Gasteiger charge is -2.21. The van der Waals surface area contributed by atoms with Gasteiger partial charge in [0.1, 0.15) is 19.3 Å². The zero-order valence-electron chi connectivity index (χ0n) is 66.6. The van der Waals surface area contributed by atoms with Gasteiger partial charge in [-0.3, -0.25) is 37.3 Å². The fourth-order valence-electron chi connectivity index (χ4n) is 13.0. The van der Waals surface area contributed by atoms with E-state index < -0.39 is 97.5 Å². The van der Waals surface area contributed by atoms with Crippen molar-refractivity contribution in [3.63, 3.8) is 0 Å². The van der Waals surface area contributed by atoms with Crippen molar-refractivity contribution < 1.29 is 80.2 Å². The van der Waals surface area contributed by atoms with Crippen LogP contribution in [-0.2, 0) is 65.4 Å². The maximum atomic E-state index is 13.1. The third-order valence-corrected chi connectivity index (χ3v) is 21.5. The molecule has 0 aliphatic carbocycles. The number of hydrogen-bond acceptors (Lipinski definition) is 15. The Kier molecular flexibility index (Phi) is 75.8. The Morgan fingerprint density at radius 1 is 0.235 bits per heavy atom. The predicted octanol–water partition coefficient (Wildman–Crippen LogP) is 25.4. The first kappa shape index (κ1) is 100. The van der Waals surface area contributed by atoms with Gasteiger partial charge >= 0.3 is 39.5 Å². The summed E-state index contributed by atoms with van der Waals surface area (Å²) in [5.74, 6) is -2.10. The van der Waals surface area contributed by atoms with Crippen molar-refractivity contribution in [2.45, 2.75) is 470 Å². The molecule has 0 aliphatic heterocycles. The van der Waals surface area contributed by atoms with Crippen LogP contribution in [0, 0.1) is 0 Å². The van der Waals surface area contributed by atoms with E-state index in [-0.39, 0.29) is 25.7 Å². The van der Waals surface area contributed by atoms with Crippen LogP contribution < -0.4 is 0 Å². The standard InChI is InChI=1S/C83H162O17P2/c1-5-9-13-17-21-25-29-32-35-36-37-38-39-40-41-44-47-50-54-58-62-66-70-83(88)100-79(74-94-81(86)68-64-60-56-52-48-45-42-33-30-26-22-18-14-10-6-2)76-98-102(91,92)96-72-77(84)71-95-101(89,90)97-75-78(73-93-80(85)67-63-59-55-51-28-24-20-16-12-8-4)99-82(87)69-65-61-57-53-49-46-43-34-31-27-23-19-15-11-7-3/h77-79,84H,5-76H2,1-4H3,(H,89,90)(H,91,92)/t77-,78+,79+/m0/s1. The molecular formula is C83H162O17P2. The molecule has 0 saturated heterocycles. The summed E-state index contributed by atoms with van der Waals surface area (Å²) in [6.45, 7) is 5.03. The largest absolute Gasteiger partial charge is 0.472 e. The van der Waals surface area contributed by atoms with E-state index in [9.17, 15) is 43.2 Å². The number of aliphatic hydroxyl groups excluding tert-OH is 1. The number of esters is 4. The zero-order chi connectivity index (χ0) is 74.6. The number of rotatable bonds is 84. The van der Waals surface area contributed by atoms with Crippen LogP contribution >= 0.6 is 15.6 Å². The zero-order valence-corrected chi connectivity index (χ0v) is 68.4. The highest BCUT2D eigenvalue weighted by atomic mass is 31.2. The van der Waals surface area contributed by atoms with Gasteiger partial charge in [0.05, 0.1) is 26.4 Å². The van der Waals surface area contributed by atoms with Crippen LogP contribution in [0.2, 0.25) is 0 Å². The second-order valence-electron chi connectivity index (χ2n) is 29.9. The number of ether oxygens (including phenoxy) is 4. The lowest BCUT2D eigenvalue weighted by molar-refractivity contribution is -0.161. The molecule has 0 spiro atoms. The first-order valence-electron chi connectivity index (χ1n) is 43.3. The number of aliphatic hydroxyl groups is 1. The minimum absolute atomic E-state index is 0.109. The smallest absolute Gasteiger partial charge is 0.462 e. The van der Waals surface area contributed by atoms with Crippen LogP contribution in [0.4, 0.5) is 0 Å². The summed E-state index contributed by atoms with van der Waals surface area (Å²) in [5, 5.41) is 10.7. The molecule has 3 N–H and O–H groups in total. The van der Waals surface area contributed by atoms with Crippen LogP contribution in [0.1, 0.15) is 451 Å². The van der Waals surface area contributed by atoms with E-state index >= 15 is 0 Å². The van der Waals surface area contributed by atoms with Crippen molar-refractivity contribution >= 4 is 39.5 Å². The predicted molar refractivity (Wildman–Crippen MR) is 419 cm³/mol. The molecule has 0 aliphatic rings. The van der Waals surface area contributed by atoms with Gasteiger partial charge in [0.15, 0.2) is 12.2 Å². The summed E-state index contributed by atoms with van der Waals surface area (Å²) in [5.41, 5.74) is 0. The lowest BCUT2D eigenvalue weighted by atomic mass is 10.0. The van der Waals surface area contributed by atoms with Crippen molar-refractivity contribution in [2.24, 2.45) is 0 Å². The topological polar surface area (TPSA) is 237 Å². The fraction of sp³-hybridized carbons (Fsp3) is 0.952. The highest BCUT2D eigenvalue weighted by Crippen LogP contribution is 2.45. The Hall–Kier alpha value is -1.94. The van der Waals surface area contributed by atoms with Gasteiger partial charge in [0.2, 0.25) is 0 Å². The van der Waals surface area contributed by atoms with Gasteiger partial charge < -0.3 is 33.8 Å². The molecule has 19 heteroatoms. The van der Waals surface area contributed by atoms with E-state index in [0.29, 0.717) is 25.7 Å². The number of phosphoric acid groups is 2. The molecular weight excluding hydrogens is 1330 g/mol. The van der Waals surface area contributed by atoms with Crippen molar-refractivity contribution in [3.8, 4) is 0 Å². The molecule has 0 heterocycles. The molecule has 0 saturated carbocycles. The van der Waals surface area contributed by atoms with Gasteiger partial charge in [-0.05, 0) is 25.7 Å². The second-order valence-corrected chi connectivity index (χ2v) is 32.8. The summed E-state index contributed by atoms with van der Waals surface area (Å²) in [6.07, 6.45) is 70.8. The van der Waals surface area contributed by atoms with E-state index in [2.05, 4.69) is 27.7 Å². The number of phosphoric ester groups is 2. The lowest BCUT2D eigenvalue weighted by Crippen LogP contribution is -2.30. The number of carbonyl (C=O) groups is 4. The van der Waals surface area contributed by atoms with Gasteiger partial charge in [-0.1, -0.05) is 400 Å². The van der Waals surface area contributed by atoms with Gasteiger partial charge in [-0.25, -0.2) is 9.13 Å². The van der Waals surface area contributed by atoms with Gasteiger partial charge in [0, 0.05) is 25.7 Å². The quantitative estimate of drug-likeness (QED) is 0.0222. The summed E-state index contributed by atoms with van der Waals surface area (Å²) in [7, 11) is -9.92. The molecule has 0 radical (unpaired) electrons. The highest BCUT2D eigenvalue weighted by molar-refractivity contribution is 7.47. The van der Waals surface area contributed by atoms with Crippen molar-refractivity contribution in [2.75, 3.05) is 39.6 Å². The van der Waals surface area contributed by atoms with Crippen molar-refractivity contribution in [3.05, 3.63) is 0 Å². The Labute approximate surface area is 626 Å². The molecule has 2 unspecified atom stereocenters. The van der Waals surface area contributed by atoms with E-state index in [1.54, 1.807) is 0 Å². The number of unbranched alkanes of at least 4 members (excludes halogenated alkanes) is 58. The average molecular weight is 1490 g/mol. The minimum Gasteiger partial charge on any atom is -0.462 e. The molecule has 17 nitrogen and oxygen atoms in total. The van der Waals surface area contributed by atoms with Crippen LogP contribution in [0.15, 0.2) is 0 Å².